The molecule has 0 radical (unpaired) electrons. The second kappa shape index (κ2) is 11.6. The molecular weight excluding hydrogens is 605 g/mol. The van der Waals surface area contributed by atoms with Crippen LogP contribution in [-0.2, 0) is 0 Å². The van der Waals surface area contributed by atoms with E-state index in [4.69, 9.17) is 19.9 Å². The molecule has 0 atom stereocenters. The van der Waals surface area contributed by atoms with Crippen molar-refractivity contribution in [3.63, 3.8) is 0 Å². The maximum Gasteiger partial charge on any atom is 0.164 e. The number of nitrogens with zero attached hydrogens (tertiary/aromatic N) is 4. The summed E-state index contributed by atoms with van der Waals surface area (Å²) in [6, 6.07) is 50.8. The van der Waals surface area contributed by atoms with Crippen LogP contribution in [0, 0.1) is 6.92 Å². The van der Waals surface area contributed by atoms with Gasteiger partial charge in [0.05, 0.1) is 10.2 Å². The second-order valence-electron chi connectivity index (χ2n) is 11.9. The van der Waals surface area contributed by atoms with Gasteiger partial charge in [-0.05, 0) is 70.3 Å². The number of hydrogen-bond donors (Lipinski definition) is 0. The number of pyridine rings is 1. The van der Waals surface area contributed by atoms with Crippen LogP contribution in [0.5, 0.6) is 0 Å². The highest BCUT2D eigenvalue weighted by Crippen LogP contribution is 2.42. The highest BCUT2D eigenvalue weighted by atomic mass is 32.1. The highest BCUT2D eigenvalue weighted by Gasteiger charge is 2.18. The predicted molar refractivity (Wildman–Crippen MR) is 200 cm³/mol. The lowest BCUT2D eigenvalue weighted by Gasteiger charge is -2.14. The topological polar surface area (TPSA) is 51.6 Å². The van der Waals surface area contributed by atoms with E-state index in [-0.39, 0.29) is 0 Å². The number of benzene rings is 6. The normalized spacial score (nSPS) is 11.4. The average Bonchev–Trinajstić information content (AvgIpc) is 3.54. The summed E-state index contributed by atoms with van der Waals surface area (Å²) in [6.07, 6.45) is 1.92. The quantitative estimate of drug-likeness (QED) is 0.189. The molecule has 9 rings (SSSR count). The number of hydrogen-bond acceptors (Lipinski definition) is 5. The van der Waals surface area contributed by atoms with Crippen LogP contribution in [0.4, 0.5) is 0 Å². The molecule has 0 saturated carbocycles. The Morgan fingerprint density at radius 1 is 0.458 bits per heavy atom. The van der Waals surface area contributed by atoms with E-state index >= 15 is 0 Å². The van der Waals surface area contributed by atoms with Crippen LogP contribution in [0.1, 0.15) is 5.56 Å². The molecule has 6 aromatic carbocycles. The van der Waals surface area contributed by atoms with Crippen LogP contribution in [0.2, 0.25) is 0 Å². The standard InChI is InChI=1S/C43H28N4S/c1-27-12-5-7-17-33(27)43-46-41(29-14-3-2-4-15-29)45-42(47-43)32-25-30(35-20-11-16-28-13-6-8-18-34(28)35)24-31(26-32)36-22-23-44-39-37-19-9-10-21-38(37)48-40(36)39/h2-26H,1H3. The fourth-order valence-corrected chi connectivity index (χ4v) is 7.74. The number of rotatable bonds is 5. The van der Waals surface area contributed by atoms with Crippen LogP contribution in [0.25, 0.3) is 87.5 Å². The van der Waals surface area contributed by atoms with Crippen molar-refractivity contribution in [1.29, 1.82) is 0 Å². The third-order valence-electron chi connectivity index (χ3n) is 8.91. The maximum absolute atomic E-state index is 5.16. The molecule has 0 aliphatic carbocycles. The Kier molecular flexibility index (Phi) is 6.84. The molecule has 0 spiro atoms. The molecule has 0 saturated heterocycles. The molecule has 0 N–H and O–H groups in total. The van der Waals surface area contributed by atoms with E-state index in [9.17, 15) is 0 Å². The predicted octanol–water partition coefficient (Wildman–Crippen LogP) is 11.4. The van der Waals surface area contributed by atoms with Gasteiger partial charge in [-0.2, -0.15) is 0 Å². The summed E-state index contributed by atoms with van der Waals surface area (Å²) in [5, 5.41) is 3.58. The average molecular weight is 633 g/mol. The Hall–Kier alpha value is -6.04. The number of aromatic nitrogens is 4. The van der Waals surface area contributed by atoms with Gasteiger partial charge in [0.15, 0.2) is 17.5 Å². The van der Waals surface area contributed by atoms with Crippen molar-refractivity contribution >= 4 is 42.4 Å². The third-order valence-corrected chi connectivity index (χ3v) is 10.1. The molecule has 3 aromatic heterocycles. The summed E-state index contributed by atoms with van der Waals surface area (Å²) in [5.74, 6) is 1.93. The number of fused-ring (bicyclic) bond motifs is 4. The van der Waals surface area contributed by atoms with Crippen LogP contribution in [0.15, 0.2) is 152 Å². The van der Waals surface area contributed by atoms with Crippen molar-refractivity contribution in [2.75, 3.05) is 0 Å². The lowest BCUT2D eigenvalue weighted by molar-refractivity contribution is 1.07. The Labute approximate surface area is 282 Å². The summed E-state index contributed by atoms with van der Waals surface area (Å²) < 4.78 is 2.40. The van der Waals surface area contributed by atoms with Crippen LogP contribution < -0.4 is 0 Å². The molecule has 0 unspecified atom stereocenters. The maximum atomic E-state index is 5.16. The third kappa shape index (κ3) is 4.93. The minimum absolute atomic E-state index is 0.632. The summed E-state index contributed by atoms with van der Waals surface area (Å²) in [7, 11) is 0. The van der Waals surface area contributed by atoms with E-state index in [1.807, 2.05) is 48.7 Å². The van der Waals surface area contributed by atoms with Gasteiger partial charge in [-0.3, -0.25) is 4.98 Å². The van der Waals surface area contributed by atoms with Crippen LogP contribution in [-0.4, -0.2) is 19.9 Å². The lowest BCUT2D eigenvalue weighted by Crippen LogP contribution is -2.01. The molecule has 9 aromatic rings. The molecule has 0 bridgehead atoms. The second-order valence-corrected chi connectivity index (χ2v) is 13.0. The van der Waals surface area contributed by atoms with E-state index in [1.165, 1.54) is 25.6 Å². The van der Waals surface area contributed by atoms with E-state index in [2.05, 4.69) is 110 Å². The van der Waals surface area contributed by atoms with Gasteiger partial charge in [-0.25, -0.2) is 15.0 Å². The highest BCUT2D eigenvalue weighted by molar-refractivity contribution is 7.26. The summed E-state index contributed by atoms with van der Waals surface area (Å²) >= 11 is 1.79. The van der Waals surface area contributed by atoms with Gasteiger partial charge in [0.25, 0.3) is 0 Å². The molecular formula is C43H28N4S. The largest absolute Gasteiger partial charge is 0.255 e. The first-order valence-electron chi connectivity index (χ1n) is 16.0. The van der Waals surface area contributed by atoms with Crippen LogP contribution >= 0.6 is 11.3 Å². The first-order chi connectivity index (χ1) is 23.7. The summed E-state index contributed by atoms with van der Waals surface area (Å²) in [4.78, 5) is 20.1. The van der Waals surface area contributed by atoms with E-state index in [0.29, 0.717) is 17.5 Å². The molecule has 4 nitrogen and oxygen atoms in total. The molecule has 5 heteroatoms. The molecule has 226 valence electrons. The molecule has 0 aliphatic rings. The molecule has 3 heterocycles. The lowest BCUT2D eigenvalue weighted by atomic mass is 9.93. The van der Waals surface area contributed by atoms with Crippen molar-refractivity contribution in [2.45, 2.75) is 6.92 Å². The van der Waals surface area contributed by atoms with Crippen molar-refractivity contribution in [3.8, 4) is 56.4 Å². The first-order valence-corrected chi connectivity index (χ1v) is 16.8. The molecule has 0 aliphatic heterocycles. The zero-order chi connectivity index (χ0) is 32.0. The fraction of sp³-hybridized carbons (Fsp3) is 0.0233. The summed E-state index contributed by atoms with van der Waals surface area (Å²) in [5.41, 5.74) is 9.50. The smallest absolute Gasteiger partial charge is 0.164 e. The minimum atomic E-state index is 0.632. The molecule has 0 amide bonds. The van der Waals surface area contributed by atoms with E-state index in [0.717, 1.165) is 50.0 Å². The van der Waals surface area contributed by atoms with Gasteiger partial charge in [-0.15, -0.1) is 11.3 Å². The Bertz CT molecular complexity index is 2640. The van der Waals surface area contributed by atoms with Crippen LogP contribution in [0.3, 0.4) is 0 Å². The monoisotopic (exact) mass is 632 g/mol. The Morgan fingerprint density at radius 2 is 1.08 bits per heavy atom. The molecule has 0 fully saturated rings. The first kappa shape index (κ1) is 28.2. The number of thiophene rings is 1. The van der Waals surface area contributed by atoms with Gasteiger partial charge < -0.3 is 0 Å². The van der Waals surface area contributed by atoms with Gasteiger partial charge in [0.2, 0.25) is 0 Å². The Balaban J connectivity index is 1.33. The number of aryl methyl sites for hydroxylation is 1. The SMILES string of the molecule is Cc1ccccc1-c1nc(-c2ccccc2)nc(-c2cc(-c3cccc4ccccc34)cc(-c3ccnc4c3sc3ccccc34)c2)n1. The van der Waals surface area contributed by atoms with E-state index < -0.39 is 0 Å². The van der Waals surface area contributed by atoms with Gasteiger partial charge in [-0.1, -0.05) is 115 Å². The zero-order valence-electron chi connectivity index (χ0n) is 26.1. The van der Waals surface area contributed by atoms with Crippen molar-refractivity contribution in [3.05, 3.63) is 157 Å². The minimum Gasteiger partial charge on any atom is -0.255 e. The fourth-order valence-electron chi connectivity index (χ4n) is 6.54. The van der Waals surface area contributed by atoms with Crippen molar-refractivity contribution in [2.24, 2.45) is 0 Å². The van der Waals surface area contributed by atoms with Crippen molar-refractivity contribution < 1.29 is 0 Å². The summed E-state index contributed by atoms with van der Waals surface area (Å²) in [6.45, 7) is 2.10. The van der Waals surface area contributed by atoms with Gasteiger partial charge in [0, 0.05) is 38.5 Å². The molecule has 48 heavy (non-hydrogen) atoms. The zero-order valence-corrected chi connectivity index (χ0v) is 26.9. The van der Waals surface area contributed by atoms with Gasteiger partial charge in [0.1, 0.15) is 0 Å². The Morgan fingerprint density at radius 3 is 1.94 bits per heavy atom. The van der Waals surface area contributed by atoms with E-state index in [1.54, 1.807) is 11.3 Å². The van der Waals surface area contributed by atoms with Gasteiger partial charge >= 0.3 is 0 Å². The van der Waals surface area contributed by atoms with Crippen molar-refractivity contribution in [1.82, 2.24) is 19.9 Å².